The van der Waals surface area contributed by atoms with Crippen molar-refractivity contribution in [3.8, 4) is 0 Å². The maximum atomic E-state index is 12.4. The minimum atomic E-state index is -3.69. The Bertz CT molecular complexity index is 608. The molecule has 0 spiro atoms. The van der Waals surface area contributed by atoms with Crippen molar-refractivity contribution in [1.29, 1.82) is 0 Å². The standard InChI is InChI=1S/C14H22Cl2N2O2S/c1-9(2)17-8-10-11(15)6-7-12(13(10)16)21(19,20)18-14(3,4)5/h6-7,9,17-18H,8H2,1-5H3. The van der Waals surface area contributed by atoms with Crippen LogP contribution in [0.25, 0.3) is 0 Å². The Balaban J connectivity index is 3.24. The molecule has 0 aliphatic heterocycles. The van der Waals surface area contributed by atoms with E-state index in [2.05, 4.69) is 10.0 Å². The summed E-state index contributed by atoms with van der Waals surface area (Å²) in [6, 6.07) is 3.23. The van der Waals surface area contributed by atoms with E-state index in [0.717, 1.165) is 0 Å². The van der Waals surface area contributed by atoms with Crippen LogP contribution in [0.4, 0.5) is 0 Å². The fourth-order valence-electron chi connectivity index (χ4n) is 1.71. The Morgan fingerprint density at radius 3 is 2.24 bits per heavy atom. The van der Waals surface area contributed by atoms with Crippen molar-refractivity contribution in [2.45, 2.75) is 57.6 Å². The SMILES string of the molecule is CC(C)NCc1c(Cl)ccc(S(=O)(=O)NC(C)(C)C)c1Cl. The smallest absolute Gasteiger partial charge is 0.242 e. The van der Waals surface area contributed by atoms with E-state index in [1.54, 1.807) is 26.8 Å². The lowest BCUT2D eigenvalue weighted by Gasteiger charge is -2.21. The maximum absolute atomic E-state index is 12.4. The minimum absolute atomic E-state index is 0.0454. The summed E-state index contributed by atoms with van der Waals surface area (Å²) < 4.78 is 27.4. The summed E-state index contributed by atoms with van der Waals surface area (Å²) >= 11 is 12.4. The lowest BCUT2D eigenvalue weighted by atomic mass is 10.1. The molecule has 0 fully saturated rings. The van der Waals surface area contributed by atoms with Gasteiger partial charge in [0.25, 0.3) is 0 Å². The van der Waals surface area contributed by atoms with Gasteiger partial charge in [-0.3, -0.25) is 0 Å². The third-order valence-corrected chi connectivity index (χ3v) is 5.27. The quantitative estimate of drug-likeness (QED) is 0.851. The molecule has 0 unspecified atom stereocenters. The van der Waals surface area contributed by atoms with Gasteiger partial charge in [-0.25, -0.2) is 13.1 Å². The van der Waals surface area contributed by atoms with E-state index in [9.17, 15) is 8.42 Å². The average molecular weight is 353 g/mol. The molecule has 21 heavy (non-hydrogen) atoms. The number of benzene rings is 1. The average Bonchev–Trinajstić information content (AvgIpc) is 2.24. The largest absolute Gasteiger partial charge is 0.310 e. The van der Waals surface area contributed by atoms with Gasteiger partial charge in [-0.2, -0.15) is 0 Å². The number of sulfonamides is 1. The van der Waals surface area contributed by atoms with Crippen LogP contribution in [0.3, 0.4) is 0 Å². The van der Waals surface area contributed by atoms with E-state index in [1.165, 1.54) is 6.07 Å². The Morgan fingerprint density at radius 1 is 1.19 bits per heavy atom. The molecule has 7 heteroatoms. The molecular weight excluding hydrogens is 331 g/mol. The fraction of sp³-hybridized carbons (Fsp3) is 0.571. The topological polar surface area (TPSA) is 58.2 Å². The van der Waals surface area contributed by atoms with Crippen molar-refractivity contribution in [1.82, 2.24) is 10.0 Å². The molecule has 0 amide bonds. The van der Waals surface area contributed by atoms with Crippen LogP contribution in [0.15, 0.2) is 17.0 Å². The van der Waals surface area contributed by atoms with E-state index >= 15 is 0 Å². The molecule has 0 aliphatic carbocycles. The minimum Gasteiger partial charge on any atom is -0.310 e. The lowest BCUT2D eigenvalue weighted by Crippen LogP contribution is -2.40. The monoisotopic (exact) mass is 352 g/mol. The highest BCUT2D eigenvalue weighted by Crippen LogP contribution is 2.31. The third-order valence-electron chi connectivity index (χ3n) is 2.57. The summed E-state index contributed by atoms with van der Waals surface area (Å²) in [6.07, 6.45) is 0. The van der Waals surface area contributed by atoms with Crippen LogP contribution in [0.1, 0.15) is 40.2 Å². The molecule has 0 atom stereocenters. The number of hydrogen-bond acceptors (Lipinski definition) is 3. The molecular formula is C14H22Cl2N2O2S. The summed E-state index contributed by atoms with van der Waals surface area (Å²) in [7, 11) is -3.69. The molecule has 2 N–H and O–H groups in total. The lowest BCUT2D eigenvalue weighted by molar-refractivity contribution is 0.491. The van der Waals surface area contributed by atoms with Crippen LogP contribution in [0.2, 0.25) is 10.0 Å². The Labute approximate surface area is 137 Å². The van der Waals surface area contributed by atoms with E-state index in [4.69, 9.17) is 23.2 Å². The fourth-order valence-corrected chi connectivity index (χ4v) is 4.04. The van der Waals surface area contributed by atoms with E-state index in [1.807, 2.05) is 13.8 Å². The van der Waals surface area contributed by atoms with Gasteiger partial charge in [0.2, 0.25) is 10.0 Å². The summed E-state index contributed by atoms with van der Waals surface area (Å²) in [4.78, 5) is 0.0454. The van der Waals surface area contributed by atoms with Gasteiger partial charge in [0.05, 0.1) is 5.02 Å². The van der Waals surface area contributed by atoms with Gasteiger partial charge < -0.3 is 5.32 Å². The summed E-state index contributed by atoms with van der Waals surface area (Å²) in [5.74, 6) is 0. The van der Waals surface area contributed by atoms with Gasteiger partial charge in [-0.05, 0) is 32.9 Å². The zero-order valence-electron chi connectivity index (χ0n) is 12.9. The van der Waals surface area contributed by atoms with E-state index < -0.39 is 15.6 Å². The number of nitrogens with one attached hydrogen (secondary N) is 2. The predicted molar refractivity (Wildman–Crippen MR) is 88.5 cm³/mol. The van der Waals surface area contributed by atoms with Crippen molar-refractivity contribution < 1.29 is 8.42 Å². The summed E-state index contributed by atoms with van der Waals surface area (Å²) in [6.45, 7) is 9.71. The second-order valence-corrected chi connectivity index (χ2v) is 8.67. The van der Waals surface area contributed by atoms with Crippen LogP contribution >= 0.6 is 23.2 Å². The van der Waals surface area contributed by atoms with E-state index in [0.29, 0.717) is 17.1 Å². The van der Waals surface area contributed by atoms with Gasteiger partial charge in [0.15, 0.2) is 0 Å². The normalized spacial score (nSPS) is 13.0. The molecule has 0 radical (unpaired) electrons. The first-order valence-corrected chi connectivity index (χ1v) is 8.92. The molecule has 0 saturated heterocycles. The van der Waals surface area contributed by atoms with E-state index in [-0.39, 0.29) is 16.0 Å². The second-order valence-electron chi connectivity index (χ2n) is 6.23. The molecule has 0 saturated carbocycles. The van der Waals surface area contributed by atoms with Crippen molar-refractivity contribution in [3.05, 3.63) is 27.7 Å². The molecule has 120 valence electrons. The Kier molecular flexibility index (Phi) is 6.09. The van der Waals surface area contributed by atoms with Crippen molar-refractivity contribution in [2.75, 3.05) is 0 Å². The van der Waals surface area contributed by atoms with Gasteiger partial charge in [0, 0.05) is 28.7 Å². The van der Waals surface area contributed by atoms with Crippen molar-refractivity contribution in [2.24, 2.45) is 0 Å². The zero-order valence-corrected chi connectivity index (χ0v) is 15.2. The van der Waals surface area contributed by atoms with Gasteiger partial charge in [-0.1, -0.05) is 37.0 Å². The maximum Gasteiger partial charge on any atom is 0.242 e. The first kappa shape index (κ1) is 18.7. The van der Waals surface area contributed by atoms with Crippen LogP contribution in [-0.4, -0.2) is 20.0 Å². The van der Waals surface area contributed by atoms with Crippen LogP contribution in [0, 0.1) is 0 Å². The first-order chi connectivity index (χ1) is 9.44. The van der Waals surface area contributed by atoms with Gasteiger partial charge in [-0.15, -0.1) is 0 Å². The third kappa shape index (κ3) is 5.42. The second kappa shape index (κ2) is 6.84. The first-order valence-electron chi connectivity index (χ1n) is 6.68. The number of rotatable bonds is 5. The molecule has 1 aromatic rings. The molecule has 0 bridgehead atoms. The highest BCUT2D eigenvalue weighted by molar-refractivity contribution is 7.89. The molecule has 0 aromatic heterocycles. The molecule has 0 heterocycles. The predicted octanol–water partition coefficient (Wildman–Crippen LogP) is 3.57. The number of halogens is 2. The highest BCUT2D eigenvalue weighted by atomic mass is 35.5. The van der Waals surface area contributed by atoms with Crippen LogP contribution in [0.5, 0.6) is 0 Å². The Hall–Kier alpha value is -0.330. The van der Waals surface area contributed by atoms with Gasteiger partial charge in [0.1, 0.15) is 4.90 Å². The van der Waals surface area contributed by atoms with Crippen molar-refractivity contribution in [3.63, 3.8) is 0 Å². The molecule has 1 rings (SSSR count). The molecule has 0 aliphatic rings. The number of hydrogen-bond donors (Lipinski definition) is 2. The Morgan fingerprint density at radius 2 is 1.76 bits per heavy atom. The van der Waals surface area contributed by atoms with Crippen molar-refractivity contribution >= 4 is 33.2 Å². The van der Waals surface area contributed by atoms with Gasteiger partial charge >= 0.3 is 0 Å². The van der Waals surface area contributed by atoms with Crippen LogP contribution in [-0.2, 0) is 16.6 Å². The summed E-state index contributed by atoms with van der Waals surface area (Å²) in [5.41, 5.74) is 0.00169. The zero-order chi connectivity index (χ0) is 16.4. The molecule has 4 nitrogen and oxygen atoms in total. The molecule has 1 aromatic carbocycles. The van der Waals surface area contributed by atoms with Crippen LogP contribution < -0.4 is 10.0 Å². The highest BCUT2D eigenvalue weighted by Gasteiger charge is 2.26. The summed E-state index contributed by atoms with van der Waals surface area (Å²) in [5, 5.41) is 3.79.